The van der Waals surface area contributed by atoms with E-state index in [0.29, 0.717) is 12.5 Å². The smallest absolute Gasteiger partial charge is 0.255 e. The van der Waals surface area contributed by atoms with Crippen molar-refractivity contribution < 1.29 is 9.21 Å². The zero-order chi connectivity index (χ0) is 30.1. The Labute approximate surface area is 258 Å². The number of furan rings is 1. The van der Waals surface area contributed by atoms with E-state index >= 15 is 0 Å². The fourth-order valence-corrected chi connectivity index (χ4v) is 7.45. The number of thiophene rings is 1. The Hall–Kier alpha value is -4.16. The third-order valence-corrected chi connectivity index (χ3v) is 9.89. The van der Waals surface area contributed by atoms with E-state index in [4.69, 9.17) is 9.41 Å². The molecule has 0 bridgehead atoms. The summed E-state index contributed by atoms with van der Waals surface area (Å²) < 4.78 is 7.71. The normalized spacial score (nSPS) is 15.1. The number of aliphatic imine (C=N–C) groups is 1. The number of carbonyl (C=O) groups excluding carboxylic acids is 1. The second-order valence-electron chi connectivity index (χ2n) is 12.6. The number of nitrogens with zero attached hydrogens (tertiary/aromatic N) is 2. The zero-order valence-corrected chi connectivity index (χ0v) is 26.4. The van der Waals surface area contributed by atoms with Crippen molar-refractivity contribution in [2.24, 2.45) is 16.3 Å². The van der Waals surface area contributed by atoms with E-state index in [1.807, 2.05) is 24.4 Å². The molecule has 0 saturated heterocycles. The Morgan fingerprint density at radius 2 is 1.79 bits per heavy atom. The fourth-order valence-electron chi connectivity index (χ4n) is 6.18. The van der Waals surface area contributed by atoms with Crippen LogP contribution >= 0.6 is 11.3 Å². The average Bonchev–Trinajstić information content (AvgIpc) is 3.72. The highest BCUT2D eigenvalue weighted by Crippen LogP contribution is 2.45. The SMILES string of the molecule is Cc1cc(C=Nc2sc3c(c2C(=O)NCc2ccco2)CC[C@@H](C(C)(C)C)C3)c(C)n1-c1ccc(-c2ccccc2)cc1. The third-order valence-electron chi connectivity index (χ3n) is 8.73. The second kappa shape index (κ2) is 11.8. The van der Waals surface area contributed by atoms with Gasteiger partial charge < -0.3 is 14.3 Å². The van der Waals surface area contributed by atoms with Gasteiger partial charge in [0, 0.05) is 33.7 Å². The Kier molecular flexibility index (Phi) is 7.97. The highest BCUT2D eigenvalue weighted by Gasteiger charge is 2.33. The topological polar surface area (TPSA) is 59.5 Å². The lowest BCUT2D eigenvalue weighted by Gasteiger charge is -2.33. The number of rotatable bonds is 7. The summed E-state index contributed by atoms with van der Waals surface area (Å²) in [5.41, 5.74) is 8.94. The van der Waals surface area contributed by atoms with E-state index in [0.717, 1.165) is 58.2 Å². The maximum absolute atomic E-state index is 13.6. The summed E-state index contributed by atoms with van der Waals surface area (Å²) in [6.45, 7) is 11.6. The molecule has 1 aliphatic rings. The van der Waals surface area contributed by atoms with E-state index in [9.17, 15) is 4.79 Å². The van der Waals surface area contributed by atoms with Gasteiger partial charge in [-0.15, -0.1) is 11.3 Å². The number of aryl methyl sites for hydroxylation is 1. The molecule has 1 atom stereocenters. The van der Waals surface area contributed by atoms with Gasteiger partial charge in [-0.1, -0.05) is 63.2 Å². The van der Waals surface area contributed by atoms with E-state index in [-0.39, 0.29) is 11.3 Å². The van der Waals surface area contributed by atoms with Crippen molar-refractivity contribution >= 4 is 28.5 Å². The molecule has 5 nitrogen and oxygen atoms in total. The van der Waals surface area contributed by atoms with E-state index in [1.165, 1.54) is 21.6 Å². The quantitative estimate of drug-likeness (QED) is 0.192. The molecule has 0 aliphatic heterocycles. The molecule has 220 valence electrons. The van der Waals surface area contributed by atoms with Gasteiger partial charge in [0.05, 0.1) is 18.4 Å². The highest BCUT2D eigenvalue weighted by atomic mass is 32.1. The maximum atomic E-state index is 13.6. The predicted molar refractivity (Wildman–Crippen MR) is 177 cm³/mol. The van der Waals surface area contributed by atoms with Crippen molar-refractivity contribution in [2.75, 3.05) is 0 Å². The molecule has 5 aromatic rings. The number of amides is 1. The molecule has 0 fully saturated rings. The summed E-state index contributed by atoms with van der Waals surface area (Å²) in [5.74, 6) is 1.24. The number of fused-ring (bicyclic) bond motifs is 1. The number of aromatic nitrogens is 1. The lowest BCUT2D eigenvalue weighted by atomic mass is 9.72. The molecule has 1 N–H and O–H groups in total. The number of benzene rings is 2. The summed E-state index contributed by atoms with van der Waals surface area (Å²) >= 11 is 1.68. The minimum Gasteiger partial charge on any atom is -0.467 e. The number of nitrogens with one attached hydrogen (secondary N) is 1. The lowest BCUT2D eigenvalue weighted by Crippen LogP contribution is -2.28. The maximum Gasteiger partial charge on any atom is 0.255 e. The Morgan fingerprint density at radius 3 is 2.49 bits per heavy atom. The molecule has 43 heavy (non-hydrogen) atoms. The van der Waals surface area contributed by atoms with Crippen LogP contribution in [-0.2, 0) is 19.4 Å². The standard InChI is InChI=1S/C37H39N3O2S/c1-24-20-28(25(2)40(24)30-16-13-27(14-17-30)26-10-7-6-8-11-26)22-39-36-34(35(41)38-23-31-12-9-19-42-31)32-18-15-29(37(3,4)5)21-33(32)43-36/h6-14,16-17,19-20,22,29H,15,18,21,23H2,1-5H3,(H,38,41)/t29-/m1/s1. The zero-order valence-electron chi connectivity index (χ0n) is 25.6. The van der Waals surface area contributed by atoms with Crippen LogP contribution in [0.2, 0.25) is 0 Å². The Bertz CT molecular complexity index is 1750. The summed E-state index contributed by atoms with van der Waals surface area (Å²) in [6, 6.07) is 25.0. The van der Waals surface area contributed by atoms with Crippen LogP contribution in [0.3, 0.4) is 0 Å². The molecule has 2 aromatic carbocycles. The minimum atomic E-state index is -0.0840. The van der Waals surface area contributed by atoms with Crippen molar-refractivity contribution in [2.45, 2.75) is 60.4 Å². The fraction of sp³-hybridized carbons (Fsp3) is 0.297. The van der Waals surface area contributed by atoms with Crippen LogP contribution in [-0.4, -0.2) is 16.7 Å². The first-order valence-corrected chi connectivity index (χ1v) is 15.8. The highest BCUT2D eigenvalue weighted by molar-refractivity contribution is 7.16. The van der Waals surface area contributed by atoms with Crippen LogP contribution in [0.1, 0.15) is 70.7 Å². The van der Waals surface area contributed by atoms with E-state index in [2.05, 4.69) is 99.1 Å². The van der Waals surface area contributed by atoms with Crippen LogP contribution in [0, 0.1) is 25.2 Å². The molecule has 1 amide bonds. The Morgan fingerprint density at radius 1 is 1.05 bits per heavy atom. The van der Waals surface area contributed by atoms with Crippen molar-refractivity contribution in [1.82, 2.24) is 9.88 Å². The molecular weight excluding hydrogens is 550 g/mol. The number of hydrogen-bond acceptors (Lipinski definition) is 4. The summed E-state index contributed by atoms with van der Waals surface area (Å²) in [7, 11) is 0. The monoisotopic (exact) mass is 589 g/mol. The van der Waals surface area contributed by atoms with Crippen molar-refractivity contribution in [3.8, 4) is 16.8 Å². The van der Waals surface area contributed by atoms with Gasteiger partial charge in [-0.25, -0.2) is 4.99 Å². The van der Waals surface area contributed by atoms with Gasteiger partial charge in [-0.05, 0) is 91.5 Å². The van der Waals surface area contributed by atoms with Crippen LogP contribution in [0.4, 0.5) is 5.00 Å². The van der Waals surface area contributed by atoms with Gasteiger partial charge in [0.15, 0.2) is 0 Å². The van der Waals surface area contributed by atoms with Gasteiger partial charge in [-0.3, -0.25) is 4.79 Å². The van der Waals surface area contributed by atoms with Gasteiger partial charge >= 0.3 is 0 Å². The molecular formula is C37H39N3O2S. The van der Waals surface area contributed by atoms with Crippen molar-refractivity contribution in [1.29, 1.82) is 0 Å². The molecule has 0 unspecified atom stereocenters. The lowest BCUT2D eigenvalue weighted by molar-refractivity contribution is 0.0947. The van der Waals surface area contributed by atoms with Crippen LogP contribution in [0.25, 0.3) is 16.8 Å². The molecule has 6 rings (SSSR count). The first-order valence-electron chi connectivity index (χ1n) is 15.0. The number of hydrogen-bond donors (Lipinski definition) is 1. The molecule has 3 aromatic heterocycles. The van der Waals surface area contributed by atoms with Crippen LogP contribution in [0.15, 0.2) is 88.5 Å². The molecule has 0 spiro atoms. The van der Waals surface area contributed by atoms with Crippen LogP contribution < -0.4 is 5.32 Å². The van der Waals surface area contributed by atoms with Crippen LogP contribution in [0.5, 0.6) is 0 Å². The van der Waals surface area contributed by atoms with Gasteiger partial charge in [-0.2, -0.15) is 0 Å². The summed E-state index contributed by atoms with van der Waals surface area (Å²) in [5, 5.41) is 3.86. The Balaban J connectivity index is 1.30. The van der Waals surface area contributed by atoms with E-state index < -0.39 is 0 Å². The summed E-state index contributed by atoms with van der Waals surface area (Å²) in [6.07, 6.45) is 6.54. The van der Waals surface area contributed by atoms with Crippen molar-refractivity contribution in [3.05, 3.63) is 118 Å². The molecule has 6 heteroatoms. The third kappa shape index (κ3) is 6.02. The minimum absolute atomic E-state index is 0.0840. The van der Waals surface area contributed by atoms with Gasteiger partial charge in [0.25, 0.3) is 5.91 Å². The van der Waals surface area contributed by atoms with Gasteiger partial charge in [0.2, 0.25) is 0 Å². The van der Waals surface area contributed by atoms with Gasteiger partial charge in [0.1, 0.15) is 10.8 Å². The first-order chi connectivity index (χ1) is 20.7. The second-order valence-corrected chi connectivity index (χ2v) is 13.7. The first kappa shape index (κ1) is 28.9. The summed E-state index contributed by atoms with van der Waals surface area (Å²) in [4.78, 5) is 19.9. The number of carbonyl (C=O) groups is 1. The average molecular weight is 590 g/mol. The van der Waals surface area contributed by atoms with Crippen molar-refractivity contribution in [3.63, 3.8) is 0 Å². The van der Waals surface area contributed by atoms with E-state index in [1.54, 1.807) is 17.6 Å². The molecule has 1 aliphatic carbocycles. The largest absolute Gasteiger partial charge is 0.467 e. The molecule has 0 radical (unpaired) electrons. The predicted octanol–water partition coefficient (Wildman–Crippen LogP) is 9.25. The molecule has 3 heterocycles. The molecule has 0 saturated carbocycles.